The third kappa shape index (κ3) is 5.36. The van der Waals surface area contributed by atoms with Crippen LogP contribution in [0.4, 0.5) is 16.2 Å². The molecule has 4 rings (SSSR count). The largest absolute Gasteiger partial charge is 0.385 e. The molecule has 9 nitrogen and oxygen atoms in total. The van der Waals surface area contributed by atoms with Gasteiger partial charge in [-0.1, -0.05) is 6.92 Å². The molecule has 0 atom stereocenters. The maximum Gasteiger partial charge on any atom is 0.333 e. The second-order valence-electron chi connectivity index (χ2n) is 7.93. The number of nitrogens with zero attached hydrogens (tertiary/aromatic N) is 2. The molecule has 0 aliphatic heterocycles. The number of aromatic nitrogens is 2. The second kappa shape index (κ2) is 9.88. The van der Waals surface area contributed by atoms with E-state index in [1.54, 1.807) is 50.2 Å². The summed E-state index contributed by atoms with van der Waals surface area (Å²) in [5.41, 5.74) is 2.26. The molecule has 2 aromatic carbocycles. The molecule has 0 bridgehead atoms. The predicted molar refractivity (Wildman–Crippen MR) is 139 cm³/mol. The molecule has 0 radical (unpaired) electrons. The van der Waals surface area contributed by atoms with Crippen molar-refractivity contribution >= 4 is 49.7 Å². The van der Waals surface area contributed by atoms with Gasteiger partial charge in [0.05, 0.1) is 16.6 Å². The van der Waals surface area contributed by atoms with Gasteiger partial charge < -0.3 is 10.6 Å². The Morgan fingerprint density at radius 2 is 1.74 bits per heavy atom. The number of benzene rings is 2. The molecular weight excluding hydrogens is 486 g/mol. The zero-order valence-electron chi connectivity index (χ0n) is 19.5. The number of nitrogens with one attached hydrogen (secondary N) is 3. The van der Waals surface area contributed by atoms with Crippen molar-refractivity contribution in [2.24, 2.45) is 0 Å². The highest BCUT2D eigenvalue weighted by molar-refractivity contribution is 7.92. The Hall–Kier alpha value is -3.70. The lowest BCUT2D eigenvalue weighted by molar-refractivity contribution is 0.256. The van der Waals surface area contributed by atoms with E-state index in [0.717, 1.165) is 34.9 Å². The second-order valence-corrected chi connectivity index (χ2v) is 11.1. The summed E-state index contributed by atoms with van der Waals surface area (Å²) in [6, 6.07) is 14.2. The van der Waals surface area contributed by atoms with E-state index in [9.17, 15) is 18.0 Å². The van der Waals surface area contributed by atoms with Crippen LogP contribution in [0.1, 0.15) is 24.0 Å². The van der Waals surface area contributed by atoms with Crippen LogP contribution < -0.4 is 20.9 Å². The normalized spacial score (nSPS) is 11.4. The molecule has 4 aromatic rings. The summed E-state index contributed by atoms with van der Waals surface area (Å²) in [6.45, 7) is 6.45. The van der Waals surface area contributed by atoms with E-state index in [2.05, 4.69) is 22.5 Å². The molecule has 0 spiro atoms. The van der Waals surface area contributed by atoms with Crippen molar-refractivity contribution in [1.29, 1.82) is 0 Å². The van der Waals surface area contributed by atoms with Crippen LogP contribution in [0.5, 0.6) is 0 Å². The zero-order chi connectivity index (χ0) is 25.2. The first kappa shape index (κ1) is 24.4. The topological polar surface area (TPSA) is 122 Å². The minimum Gasteiger partial charge on any atom is -0.385 e. The van der Waals surface area contributed by atoms with Crippen LogP contribution in [0.2, 0.25) is 0 Å². The maximum absolute atomic E-state index is 13.2. The molecule has 2 aromatic heterocycles. The first-order valence-corrected chi connectivity index (χ1v) is 13.3. The van der Waals surface area contributed by atoms with E-state index in [0.29, 0.717) is 28.1 Å². The Bertz CT molecular complexity index is 1560. The first-order chi connectivity index (χ1) is 16.7. The summed E-state index contributed by atoms with van der Waals surface area (Å²) in [7, 11) is -3.95. The number of hydrogen-bond donors (Lipinski definition) is 3. The van der Waals surface area contributed by atoms with E-state index in [4.69, 9.17) is 0 Å². The van der Waals surface area contributed by atoms with Crippen molar-refractivity contribution in [2.75, 3.05) is 17.2 Å². The lowest BCUT2D eigenvalue weighted by atomic mass is 10.2. The number of thiophene rings is 1. The molecule has 0 saturated carbocycles. The van der Waals surface area contributed by atoms with Crippen LogP contribution in [0.25, 0.3) is 16.6 Å². The van der Waals surface area contributed by atoms with Crippen molar-refractivity contribution in [2.45, 2.75) is 31.4 Å². The van der Waals surface area contributed by atoms with Crippen LogP contribution >= 0.6 is 11.3 Å². The van der Waals surface area contributed by atoms with Crippen LogP contribution in [0.15, 0.2) is 63.6 Å². The van der Waals surface area contributed by atoms with Crippen molar-refractivity contribution in [1.82, 2.24) is 14.3 Å². The van der Waals surface area contributed by atoms with Crippen molar-refractivity contribution in [3.8, 4) is 5.69 Å². The number of fused-ring (bicyclic) bond motifs is 1. The fourth-order valence-corrected chi connectivity index (χ4v) is 5.75. The quantitative estimate of drug-likeness (QED) is 0.338. The Balaban J connectivity index is 1.53. The summed E-state index contributed by atoms with van der Waals surface area (Å²) in [6.07, 6.45) is 0.989. The average Bonchev–Trinajstić information content (AvgIpc) is 3.25. The Labute approximate surface area is 206 Å². The molecule has 3 N–H and O–H groups in total. The first-order valence-electron chi connectivity index (χ1n) is 11.0. The van der Waals surface area contributed by atoms with Gasteiger partial charge in [-0.25, -0.2) is 22.9 Å². The number of carbonyl (C=O) groups excluding carboxylic acids is 1. The standard InChI is InChI=1S/C24H25N5O4S2/c1-4-13-25-18-8-11-20-21(14-18)26-16(3)29(23(20)30)19-9-6-17(7-10-19)27-24(31)28-35(32,33)22-12-5-15(2)34-22/h5-12,14,25H,4,13H2,1-3H3,(H2,27,28,31). The molecule has 2 heterocycles. The molecule has 0 aliphatic rings. The Morgan fingerprint density at radius 3 is 2.40 bits per heavy atom. The number of carbonyl (C=O) groups is 1. The van der Waals surface area contributed by atoms with Gasteiger partial charge in [-0.2, -0.15) is 0 Å². The molecule has 182 valence electrons. The van der Waals surface area contributed by atoms with E-state index in [1.165, 1.54) is 10.6 Å². The smallest absolute Gasteiger partial charge is 0.333 e. The molecular formula is C24H25N5O4S2. The fourth-order valence-electron chi connectivity index (χ4n) is 3.56. The summed E-state index contributed by atoms with van der Waals surface area (Å²) >= 11 is 1.08. The lowest BCUT2D eigenvalue weighted by Gasteiger charge is -2.13. The van der Waals surface area contributed by atoms with Crippen LogP contribution in [-0.2, 0) is 10.0 Å². The van der Waals surface area contributed by atoms with Crippen LogP contribution in [-0.4, -0.2) is 30.5 Å². The minimum absolute atomic E-state index is 0.0624. The number of sulfonamides is 1. The summed E-state index contributed by atoms with van der Waals surface area (Å²) in [4.78, 5) is 30.9. The number of anilines is 2. The van der Waals surface area contributed by atoms with Gasteiger partial charge in [0.1, 0.15) is 10.0 Å². The summed E-state index contributed by atoms with van der Waals surface area (Å²) in [5.74, 6) is 0.519. The average molecular weight is 512 g/mol. The molecule has 0 fully saturated rings. The van der Waals surface area contributed by atoms with Gasteiger partial charge in [-0.15, -0.1) is 11.3 Å². The highest BCUT2D eigenvalue weighted by Gasteiger charge is 2.19. The van der Waals surface area contributed by atoms with Gasteiger partial charge in [-0.3, -0.25) is 9.36 Å². The Kier molecular flexibility index (Phi) is 6.90. The number of rotatable bonds is 7. The monoisotopic (exact) mass is 511 g/mol. The van der Waals surface area contributed by atoms with Gasteiger partial charge in [0.25, 0.3) is 15.6 Å². The lowest BCUT2D eigenvalue weighted by Crippen LogP contribution is -2.33. The number of hydrogen-bond acceptors (Lipinski definition) is 7. The molecule has 0 aliphatic carbocycles. The minimum atomic E-state index is -3.95. The predicted octanol–water partition coefficient (Wildman–Crippen LogP) is 4.40. The Morgan fingerprint density at radius 1 is 1.03 bits per heavy atom. The van der Waals surface area contributed by atoms with Gasteiger partial charge in [-0.05, 0) is 74.9 Å². The molecule has 0 unspecified atom stereocenters. The number of amides is 2. The third-order valence-electron chi connectivity index (χ3n) is 5.21. The van der Waals surface area contributed by atoms with Crippen LogP contribution in [0.3, 0.4) is 0 Å². The van der Waals surface area contributed by atoms with Crippen LogP contribution in [0, 0.1) is 13.8 Å². The van der Waals surface area contributed by atoms with E-state index < -0.39 is 16.1 Å². The third-order valence-corrected chi connectivity index (χ3v) is 8.03. The van der Waals surface area contributed by atoms with E-state index in [1.807, 2.05) is 16.9 Å². The van der Waals surface area contributed by atoms with E-state index in [-0.39, 0.29) is 9.77 Å². The van der Waals surface area contributed by atoms with Gasteiger partial charge in [0, 0.05) is 22.8 Å². The molecule has 35 heavy (non-hydrogen) atoms. The van der Waals surface area contributed by atoms with Crippen molar-refractivity contribution in [3.63, 3.8) is 0 Å². The van der Waals surface area contributed by atoms with Crippen molar-refractivity contribution in [3.05, 3.63) is 75.7 Å². The fraction of sp³-hybridized carbons (Fsp3) is 0.208. The molecule has 0 saturated heterocycles. The zero-order valence-corrected chi connectivity index (χ0v) is 21.1. The van der Waals surface area contributed by atoms with E-state index >= 15 is 0 Å². The summed E-state index contributed by atoms with van der Waals surface area (Å²) < 4.78 is 28.2. The highest BCUT2D eigenvalue weighted by Crippen LogP contribution is 2.21. The van der Waals surface area contributed by atoms with Crippen molar-refractivity contribution < 1.29 is 13.2 Å². The van der Waals surface area contributed by atoms with Gasteiger partial charge in [0.2, 0.25) is 0 Å². The summed E-state index contributed by atoms with van der Waals surface area (Å²) in [5, 5.41) is 6.29. The number of urea groups is 1. The van der Waals surface area contributed by atoms with Gasteiger partial charge in [0.15, 0.2) is 0 Å². The highest BCUT2D eigenvalue weighted by atomic mass is 32.2. The molecule has 11 heteroatoms. The molecule has 2 amide bonds. The maximum atomic E-state index is 13.2. The SMILES string of the molecule is CCCNc1ccc2c(=O)n(-c3ccc(NC(=O)NS(=O)(=O)c4ccc(C)s4)cc3)c(C)nc2c1. The van der Waals surface area contributed by atoms with Gasteiger partial charge >= 0.3 is 6.03 Å². The number of aryl methyl sites for hydroxylation is 2.